The third-order valence-electron chi connectivity index (χ3n) is 3.21. The molecule has 0 saturated carbocycles. The van der Waals surface area contributed by atoms with Crippen LogP contribution in [0.2, 0.25) is 0 Å². The molecule has 3 N–H and O–H groups in total. The summed E-state index contributed by atoms with van der Waals surface area (Å²) in [6.45, 7) is 0.503. The Bertz CT molecular complexity index is 782. The maximum Gasteiger partial charge on any atom is 0.220 e. The Morgan fingerprint density at radius 3 is 2.83 bits per heavy atom. The fourth-order valence-electron chi connectivity index (χ4n) is 2.06. The number of amides is 1. The molecule has 1 aromatic carbocycles. The van der Waals surface area contributed by atoms with Gasteiger partial charge in [-0.15, -0.1) is 22.7 Å². The first-order chi connectivity index (χ1) is 11.2. The summed E-state index contributed by atoms with van der Waals surface area (Å²) in [5.41, 5.74) is 7.53. The molecule has 0 fully saturated rings. The molecule has 0 spiro atoms. The number of nitrogens with zero attached hydrogens (tertiary/aromatic N) is 2. The van der Waals surface area contributed by atoms with Crippen LogP contribution in [-0.2, 0) is 17.8 Å². The number of anilines is 1. The molecule has 7 heteroatoms. The topological polar surface area (TPSA) is 80.9 Å². The molecule has 0 aliphatic carbocycles. The zero-order chi connectivity index (χ0) is 16.1. The molecule has 0 unspecified atom stereocenters. The van der Waals surface area contributed by atoms with Crippen molar-refractivity contribution in [2.45, 2.75) is 19.4 Å². The van der Waals surface area contributed by atoms with Crippen LogP contribution >= 0.6 is 22.7 Å². The van der Waals surface area contributed by atoms with E-state index in [9.17, 15) is 4.79 Å². The van der Waals surface area contributed by atoms with E-state index in [4.69, 9.17) is 5.73 Å². The average molecular weight is 344 g/mol. The van der Waals surface area contributed by atoms with Crippen LogP contribution in [0.4, 0.5) is 5.13 Å². The van der Waals surface area contributed by atoms with Gasteiger partial charge in [-0.1, -0.05) is 30.3 Å². The van der Waals surface area contributed by atoms with Gasteiger partial charge >= 0.3 is 0 Å². The number of carbonyl (C=O) groups is 1. The van der Waals surface area contributed by atoms with Crippen LogP contribution in [0.15, 0.2) is 41.9 Å². The third kappa shape index (κ3) is 4.37. The standard InChI is InChI=1S/C16H16N4OS2/c17-16-20-12(10-22-16)6-7-14(21)18-8-13-9-19-15(23-13)11-4-2-1-3-5-11/h1-5,9-10H,6-8H2,(H2,17,20)(H,18,21). The SMILES string of the molecule is Nc1nc(CCC(=O)NCc2cnc(-c3ccccc3)s2)cs1. The van der Waals surface area contributed by atoms with Crippen LogP contribution in [0.1, 0.15) is 17.0 Å². The van der Waals surface area contributed by atoms with Gasteiger partial charge in [0.05, 0.1) is 12.2 Å². The molecule has 5 nitrogen and oxygen atoms in total. The Labute approximate surface area is 142 Å². The summed E-state index contributed by atoms with van der Waals surface area (Å²) < 4.78 is 0. The van der Waals surface area contributed by atoms with Crippen LogP contribution in [0.3, 0.4) is 0 Å². The largest absolute Gasteiger partial charge is 0.375 e. The fraction of sp³-hybridized carbons (Fsp3) is 0.188. The Hall–Kier alpha value is -2.25. The first kappa shape index (κ1) is 15.6. The summed E-state index contributed by atoms with van der Waals surface area (Å²) in [6, 6.07) is 10.0. The molecule has 0 atom stereocenters. The van der Waals surface area contributed by atoms with Crippen molar-refractivity contribution >= 4 is 33.7 Å². The summed E-state index contributed by atoms with van der Waals surface area (Å²) >= 11 is 2.99. The van der Waals surface area contributed by atoms with Gasteiger partial charge in [0.2, 0.25) is 5.91 Å². The number of nitrogen functional groups attached to an aromatic ring is 1. The molecular weight excluding hydrogens is 328 g/mol. The molecule has 0 aliphatic rings. The van der Waals surface area contributed by atoms with Gasteiger partial charge in [0.1, 0.15) is 5.01 Å². The number of aromatic nitrogens is 2. The summed E-state index contributed by atoms with van der Waals surface area (Å²) in [5, 5.41) is 6.31. The van der Waals surface area contributed by atoms with Crippen LogP contribution in [0, 0.1) is 0 Å². The van der Waals surface area contributed by atoms with E-state index in [1.165, 1.54) is 11.3 Å². The maximum absolute atomic E-state index is 11.9. The normalized spacial score (nSPS) is 10.6. The predicted octanol–water partition coefficient (Wildman–Crippen LogP) is 3.10. The molecule has 118 valence electrons. The first-order valence-corrected chi connectivity index (χ1v) is 8.87. The summed E-state index contributed by atoms with van der Waals surface area (Å²) in [7, 11) is 0. The number of benzene rings is 1. The van der Waals surface area contributed by atoms with Crippen molar-refractivity contribution in [2.24, 2.45) is 0 Å². The van der Waals surface area contributed by atoms with Gasteiger partial charge in [-0.3, -0.25) is 4.79 Å². The van der Waals surface area contributed by atoms with Gasteiger partial charge in [-0.2, -0.15) is 0 Å². The number of nitrogens with one attached hydrogen (secondary N) is 1. The Morgan fingerprint density at radius 2 is 2.09 bits per heavy atom. The van der Waals surface area contributed by atoms with Crippen molar-refractivity contribution in [1.29, 1.82) is 0 Å². The lowest BCUT2D eigenvalue weighted by atomic mass is 10.2. The van der Waals surface area contributed by atoms with E-state index in [0.29, 0.717) is 24.5 Å². The first-order valence-electron chi connectivity index (χ1n) is 7.17. The van der Waals surface area contributed by atoms with Crippen molar-refractivity contribution in [3.8, 4) is 10.6 Å². The second kappa shape index (κ2) is 7.34. The number of hydrogen-bond acceptors (Lipinski definition) is 6. The number of aryl methyl sites for hydroxylation is 1. The maximum atomic E-state index is 11.9. The van der Waals surface area contributed by atoms with E-state index >= 15 is 0 Å². The predicted molar refractivity (Wildman–Crippen MR) is 94.2 cm³/mol. The summed E-state index contributed by atoms with van der Waals surface area (Å²) in [6.07, 6.45) is 2.83. The van der Waals surface area contributed by atoms with Crippen LogP contribution in [0.25, 0.3) is 10.6 Å². The van der Waals surface area contributed by atoms with E-state index in [-0.39, 0.29) is 5.91 Å². The van der Waals surface area contributed by atoms with Gasteiger partial charge in [-0.25, -0.2) is 9.97 Å². The van der Waals surface area contributed by atoms with Crippen LogP contribution in [-0.4, -0.2) is 15.9 Å². The molecule has 0 saturated heterocycles. The molecule has 3 rings (SSSR count). The zero-order valence-corrected chi connectivity index (χ0v) is 14.0. The van der Waals surface area contributed by atoms with E-state index in [1.807, 2.05) is 41.9 Å². The quantitative estimate of drug-likeness (QED) is 0.720. The fourth-order valence-corrected chi connectivity index (χ4v) is 3.51. The lowest BCUT2D eigenvalue weighted by Crippen LogP contribution is -2.22. The molecule has 2 heterocycles. The van der Waals surface area contributed by atoms with Crippen molar-refractivity contribution in [3.05, 3.63) is 52.5 Å². The zero-order valence-electron chi connectivity index (χ0n) is 12.4. The van der Waals surface area contributed by atoms with Gasteiger partial charge in [0, 0.05) is 28.4 Å². The summed E-state index contributed by atoms with van der Waals surface area (Å²) in [4.78, 5) is 21.5. The minimum Gasteiger partial charge on any atom is -0.375 e. The molecule has 0 bridgehead atoms. The van der Waals surface area contributed by atoms with Crippen molar-refractivity contribution in [2.75, 3.05) is 5.73 Å². The van der Waals surface area contributed by atoms with Gasteiger partial charge < -0.3 is 11.1 Å². The molecule has 1 amide bonds. The molecule has 3 aromatic rings. The van der Waals surface area contributed by atoms with Crippen LogP contribution in [0.5, 0.6) is 0 Å². The number of thiazole rings is 2. The van der Waals surface area contributed by atoms with E-state index in [2.05, 4.69) is 15.3 Å². The molecule has 0 aliphatic heterocycles. The highest BCUT2D eigenvalue weighted by atomic mass is 32.1. The molecule has 0 radical (unpaired) electrons. The average Bonchev–Trinajstić information content (AvgIpc) is 3.21. The number of rotatable bonds is 6. The van der Waals surface area contributed by atoms with E-state index in [1.54, 1.807) is 11.3 Å². The highest BCUT2D eigenvalue weighted by Crippen LogP contribution is 2.24. The summed E-state index contributed by atoms with van der Waals surface area (Å²) in [5.74, 6) is 0.00577. The lowest BCUT2D eigenvalue weighted by molar-refractivity contribution is -0.121. The van der Waals surface area contributed by atoms with Crippen molar-refractivity contribution < 1.29 is 4.79 Å². The van der Waals surface area contributed by atoms with Gasteiger partial charge in [-0.05, 0) is 6.42 Å². The number of nitrogens with two attached hydrogens (primary N) is 1. The Balaban J connectivity index is 1.48. The van der Waals surface area contributed by atoms with Crippen LogP contribution < -0.4 is 11.1 Å². The minimum atomic E-state index is 0.00577. The lowest BCUT2D eigenvalue weighted by Gasteiger charge is -2.02. The Morgan fingerprint density at radius 1 is 1.26 bits per heavy atom. The molecule has 23 heavy (non-hydrogen) atoms. The second-order valence-electron chi connectivity index (χ2n) is 4.95. The van der Waals surface area contributed by atoms with Gasteiger partial charge in [0.15, 0.2) is 5.13 Å². The number of carbonyl (C=O) groups excluding carboxylic acids is 1. The highest BCUT2D eigenvalue weighted by Gasteiger charge is 2.07. The monoisotopic (exact) mass is 344 g/mol. The van der Waals surface area contributed by atoms with E-state index in [0.717, 1.165) is 21.1 Å². The molecule has 2 aromatic heterocycles. The third-order valence-corrected chi connectivity index (χ3v) is 4.98. The minimum absolute atomic E-state index is 0.00577. The van der Waals surface area contributed by atoms with Crippen molar-refractivity contribution in [3.63, 3.8) is 0 Å². The van der Waals surface area contributed by atoms with E-state index < -0.39 is 0 Å². The van der Waals surface area contributed by atoms with Crippen molar-refractivity contribution in [1.82, 2.24) is 15.3 Å². The second-order valence-corrected chi connectivity index (χ2v) is 6.96. The Kier molecular flexibility index (Phi) is 4.99. The smallest absolute Gasteiger partial charge is 0.220 e. The molecular formula is C16H16N4OS2. The number of hydrogen-bond donors (Lipinski definition) is 2. The van der Waals surface area contributed by atoms with Gasteiger partial charge in [0.25, 0.3) is 0 Å². The highest BCUT2D eigenvalue weighted by molar-refractivity contribution is 7.15.